The van der Waals surface area contributed by atoms with Gasteiger partial charge in [0.25, 0.3) is 6.29 Å². The Morgan fingerprint density at radius 2 is 0.739 bits per heavy atom. The summed E-state index contributed by atoms with van der Waals surface area (Å²) in [6.45, 7) is 8.19. The number of unbranched alkanes of at least 4 members (excludes halogenated alkanes) is 16. The minimum absolute atomic E-state index is 0.129. The van der Waals surface area contributed by atoms with Crippen molar-refractivity contribution in [3.05, 3.63) is 0 Å². The summed E-state index contributed by atoms with van der Waals surface area (Å²) in [5.41, 5.74) is 0. The first-order chi connectivity index (χ1) is 22.0. The molecular formula is C35H64O11. The Morgan fingerprint density at radius 3 is 1.07 bits per heavy atom. The molecule has 0 spiro atoms. The second kappa shape index (κ2) is 26.8. The van der Waals surface area contributed by atoms with Gasteiger partial charge in [-0.25, -0.2) is 0 Å². The first-order valence-corrected chi connectivity index (χ1v) is 18.0. The molecule has 0 bridgehead atoms. The van der Waals surface area contributed by atoms with Gasteiger partial charge < -0.3 is 34.3 Å². The van der Waals surface area contributed by atoms with Crippen LogP contribution in [-0.4, -0.2) is 57.2 Å². The number of hydrogen-bond donors (Lipinski definition) is 3. The zero-order valence-corrected chi connectivity index (χ0v) is 29.2. The van der Waals surface area contributed by atoms with Crippen LogP contribution in [0.2, 0.25) is 0 Å². The van der Waals surface area contributed by atoms with Crippen LogP contribution in [0.1, 0.15) is 182 Å². The molecule has 0 aliphatic heterocycles. The molecule has 0 aromatic rings. The topological polar surface area (TPSA) is 166 Å². The van der Waals surface area contributed by atoms with Gasteiger partial charge in [-0.05, 0) is 25.7 Å². The van der Waals surface area contributed by atoms with Gasteiger partial charge in [0.05, 0.1) is 0 Å². The molecule has 0 aliphatic rings. The van der Waals surface area contributed by atoms with E-state index in [1.165, 1.54) is 0 Å². The monoisotopic (exact) mass is 660 g/mol. The van der Waals surface area contributed by atoms with Crippen molar-refractivity contribution in [2.24, 2.45) is 0 Å². The third-order valence-corrected chi connectivity index (χ3v) is 7.74. The van der Waals surface area contributed by atoms with Gasteiger partial charge in [-0.2, -0.15) is 0 Å². The van der Waals surface area contributed by atoms with Crippen LogP contribution < -0.4 is 0 Å². The van der Waals surface area contributed by atoms with E-state index >= 15 is 0 Å². The van der Waals surface area contributed by atoms with Crippen molar-refractivity contribution in [1.82, 2.24) is 0 Å². The second-order valence-corrected chi connectivity index (χ2v) is 12.2. The van der Waals surface area contributed by atoms with E-state index < -0.39 is 41.9 Å². The molecule has 2 atom stereocenters. The van der Waals surface area contributed by atoms with E-state index in [4.69, 9.17) is 18.9 Å². The lowest BCUT2D eigenvalue weighted by molar-refractivity contribution is -0.476. The Labute approximate surface area is 277 Å². The minimum Gasteiger partial charge on any atom is -0.428 e. The average Bonchev–Trinajstić information content (AvgIpc) is 3.00. The molecule has 0 aromatic heterocycles. The molecule has 46 heavy (non-hydrogen) atoms. The molecule has 0 aromatic carbocycles. The highest BCUT2D eigenvalue weighted by molar-refractivity contribution is 5.73. The number of aliphatic hydroxyl groups excluding tert-OH is 1. The van der Waals surface area contributed by atoms with Gasteiger partial charge >= 0.3 is 35.6 Å². The number of aliphatic hydroxyl groups is 3. The molecule has 0 fully saturated rings. The molecule has 11 nitrogen and oxygen atoms in total. The van der Waals surface area contributed by atoms with Crippen LogP contribution in [0, 0.1) is 0 Å². The van der Waals surface area contributed by atoms with E-state index in [9.17, 15) is 34.5 Å². The highest BCUT2D eigenvalue weighted by Gasteiger charge is 2.67. The van der Waals surface area contributed by atoms with Gasteiger partial charge in [0, 0.05) is 25.7 Å². The predicted molar refractivity (Wildman–Crippen MR) is 174 cm³/mol. The number of carbonyl (C=O) groups excluding carboxylic acids is 4. The molecule has 270 valence electrons. The highest BCUT2D eigenvalue weighted by Crippen LogP contribution is 2.34. The number of rotatable bonds is 30. The molecule has 0 saturated heterocycles. The standard InChI is InChI=1S/C35H64O11/c1-5-9-13-17-21-25-29(36)43-33(40)34(41,44-30(37)26-22-18-14-10-6-2)35(42,45-31(38)27-23-19-15-11-7-3)46-32(39)28-24-20-16-12-8-4/h33,40-42H,5-28H2,1-4H3. The molecule has 0 saturated carbocycles. The number of esters is 4. The van der Waals surface area contributed by atoms with E-state index in [1.807, 2.05) is 20.8 Å². The van der Waals surface area contributed by atoms with Gasteiger partial charge in [0.2, 0.25) is 0 Å². The molecule has 0 aliphatic carbocycles. The Balaban J connectivity index is 6.08. The molecule has 11 heteroatoms. The average molecular weight is 661 g/mol. The number of hydrogen-bond acceptors (Lipinski definition) is 11. The fourth-order valence-corrected chi connectivity index (χ4v) is 4.83. The van der Waals surface area contributed by atoms with Crippen molar-refractivity contribution in [3.8, 4) is 0 Å². The van der Waals surface area contributed by atoms with Crippen LogP contribution in [0.25, 0.3) is 0 Å². The van der Waals surface area contributed by atoms with Crippen molar-refractivity contribution in [2.45, 2.75) is 200 Å². The zero-order chi connectivity index (χ0) is 34.7. The maximum Gasteiger partial charge on any atom is 0.450 e. The largest absolute Gasteiger partial charge is 0.450 e. The van der Waals surface area contributed by atoms with Gasteiger partial charge in [-0.3, -0.25) is 19.2 Å². The molecule has 0 heterocycles. The quantitative estimate of drug-likeness (QED) is 0.0307. The number of ether oxygens (including phenoxy) is 4. The molecule has 3 N–H and O–H groups in total. The maximum atomic E-state index is 12.9. The van der Waals surface area contributed by atoms with Gasteiger partial charge in [0.15, 0.2) is 0 Å². The first-order valence-electron chi connectivity index (χ1n) is 18.0. The lowest BCUT2D eigenvalue weighted by atomic mass is 10.1. The van der Waals surface area contributed by atoms with Crippen molar-refractivity contribution >= 4 is 23.9 Å². The van der Waals surface area contributed by atoms with Crippen LogP contribution >= 0.6 is 0 Å². The summed E-state index contributed by atoms with van der Waals surface area (Å²) in [7, 11) is 0. The van der Waals surface area contributed by atoms with Crippen LogP contribution in [0.3, 0.4) is 0 Å². The van der Waals surface area contributed by atoms with E-state index in [0.29, 0.717) is 44.9 Å². The number of carbonyl (C=O) groups is 4. The molecule has 0 radical (unpaired) electrons. The summed E-state index contributed by atoms with van der Waals surface area (Å²) in [6, 6.07) is 0. The Morgan fingerprint density at radius 1 is 0.457 bits per heavy atom. The van der Waals surface area contributed by atoms with E-state index in [1.54, 1.807) is 0 Å². The van der Waals surface area contributed by atoms with Crippen LogP contribution in [0.5, 0.6) is 0 Å². The van der Waals surface area contributed by atoms with Crippen molar-refractivity contribution < 1.29 is 53.4 Å². The Hall–Kier alpha value is -2.24. The molecule has 0 amide bonds. The summed E-state index contributed by atoms with van der Waals surface area (Å²) in [4.78, 5) is 51.2. The first kappa shape index (κ1) is 43.8. The highest BCUT2D eigenvalue weighted by atomic mass is 16.9. The van der Waals surface area contributed by atoms with Crippen LogP contribution in [0.4, 0.5) is 0 Å². The lowest BCUT2D eigenvalue weighted by Crippen LogP contribution is -2.68. The van der Waals surface area contributed by atoms with Crippen LogP contribution in [0.15, 0.2) is 0 Å². The fraction of sp³-hybridized carbons (Fsp3) is 0.886. The summed E-state index contributed by atoms with van der Waals surface area (Å²) in [6.07, 6.45) is 12.2. The smallest absolute Gasteiger partial charge is 0.428 e. The normalized spacial score (nSPS) is 13.5. The lowest BCUT2D eigenvalue weighted by Gasteiger charge is -2.40. The Bertz CT molecular complexity index is 803. The summed E-state index contributed by atoms with van der Waals surface area (Å²) in [5.74, 6) is -11.5. The van der Waals surface area contributed by atoms with Gasteiger partial charge in [-0.15, -0.1) is 0 Å². The molecule has 0 rings (SSSR count). The summed E-state index contributed by atoms with van der Waals surface area (Å²) < 4.78 is 20.3. The zero-order valence-electron chi connectivity index (χ0n) is 29.2. The molecular weight excluding hydrogens is 596 g/mol. The second-order valence-electron chi connectivity index (χ2n) is 12.2. The SMILES string of the molecule is CCCCCCCC(=O)OC(O)C(O)(OC(=O)CCCCCCC)C(O)(OC(=O)CCCCCCC)OC(=O)CCCCCCC. The maximum absolute atomic E-state index is 12.9. The predicted octanol–water partition coefficient (Wildman–Crippen LogP) is 7.25. The molecule has 2 unspecified atom stereocenters. The third-order valence-electron chi connectivity index (χ3n) is 7.74. The van der Waals surface area contributed by atoms with E-state index in [-0.39, 0.29) is 25.7 Å². The van der Waals surface area contributed by atoms with Gasteiger partial charge in [-0.1, -0.05) is 130 Å². The van der Waals surface area contributed by atoms with Crippen molar-refractivity contribution in [3.63, 3.8) is 0 Å². The van der Waals surface area contributed by atoms with Gasteiger partial charge in [0.1, 0.15) is 0 Å². The Kier molecular flexibility index (Phi) is 25.5. The fourth-order valence-electron chi connectivity index (χ4n) is 4.83. The van der Waals surface area contributed by atoms with Crippen molar-refractivity contribution in [2.75, 3.05) is 0 Å². The van der Waals surface area contributed by atoms with E-state index in [0.717, 1.165) is 83.5 Å². The van der Waals surface area contributed by atoms with E-state index in [2.05, 4.69) is 6.92 Å². The summed E-state index contributed by atoms with van der Waals surface area (Å²) >= 11 is 0. The summed E-state index contributed by atoms with van der Waals surface area (Å²) in [5, 5.41) is 34.1. The third kappa shape index (κ3) is 19.4. The van der Waals surface area contributed by atoms with Crippen molar-refractivity contribution in [1.29, 1.82) is 0 Å². The minimum atomic E-state index is -3.70. The van der Waals surface area contributed by atoms with Crippen LogP contribution in [-0.2, 0) is 38.1 Å².